The maximum atomic E-state index is 13.5. The van der Waals surface area contributed by atoms with Gasteiger partial charge in [0.05, 0.1) is 50.9 Å². The van der Waals surface area contributed by atoms with E-state index in [0.29, 0.717) is 50.8 Å². The van der Waals surface area contributed by atoms with Crippen LogP contribution >= 0.6 is 0 Å². The van der Waals surface area contributed by atoms with Gasteiger partial charge >= 0.3 is 0 Å². The highest BCUT2D eigenvalue weighted by Crippen LogP contribution is 2.38. The number of hydrogen-bond acceptors (Lipinski definition) is 8. The Hall–Kier alpha value is -4.79. The number of hydrogen-bond donors (Lipinski definition) is 0. The first-order chi connectivity index (χ1) is 17.6. The molecule has 2 aromatic heterocycles. The smallest absolute Gasteiger partial charge is 0.282 e. The van der Waals surface area contributed by atoms with Crippen LogP contribution in [0.1, 0.15) is 5.56 Å². The van der Waals surface area contributed by atoms with Gasteiger partial charge in [-0.15, -0.1) is 0 Å². The molecule has 0 N–H and O–H groups in total. The van der Waals surface area contributed by atoms with E-state index in [-0.39, 0.29) is 11.4 Å². The molecule has 3 aromatic carbocycles. The number of fused-ring (bicyclic) bond motifs is 2. The van der Waals surface area contributed by atoms with Gasteiger partial charge in [-0.25, -0.2) is 4.98 Å². The Morgan fingerprint density at radius 3 is 2.25 bits per heavy atom. The summed E-state index contributed by atoms with van der Waals surface area (Å²) in [7, 11) is 6.18. The number of aromatic nitrogens is 2. The first-order valence-electron chi connectivity index (χ1n) is 11.0. The first kappa shape index (κ1) is 23.0. The molecule has 9 heteroatoms. The van der Waals surface area contributed by atoms with E-state index in [9.17, 15) is 4.79 Å². The Bertz CT molecular complexity index is 1640. The Balaban J connectivity index is 1.71. The maximum Gasteiger partial charge on any atom is 0.282 e. The SMILES string of the molecule is COc1cc(C=Nn2c(-c3cc4c(OC)cccc4o3)nc3ccccc3c2=O)cc(OC)c1OC. The highest BCUT2D eigenvalue weighted by atomic mass is 16.5. The molecule has 2 heterocycles. The predicted octanol–water partition coefficient (Wildman–Crippen LogP) is 4.73. The zero-order valence-electron chi connectivity index (χ0n) is 20.1. The average molecular weight is 485 g/mol. The van der Waals surface area contributed by atoms with Crippen LogP contribution in [0.4, 0.5) is 0 Å². The van der Waals surface area contributed by atoms with E-state index in [1.165, 1.54) is 32.2 Å². The van der Waals surface area contributed by atoms with Crippen molar-refractivity contribution >= 4 is 28.1 Å². The fraction of sp³-hybridized carbons (Fsp3) is 0.148. The molecular weight excluding hydrogens is 462 g/mol. The lowest BCUT2D eigenvalue weighted by Crippen LogP contribution is -2.20. The molecule has 9 nitrogen and oxygen atoms in total. The molecule has 0 radical (unpaired) electrons. The zero-order valence-corrected chi connectivity index (χ0v) is 20.1. The standard InChI is InChI=1S/C27H23N3O6/c1-32-20-10-7-11-21-18(20)14-24(36-21)26-29-19-9-6-5-8-17(19)27(31)30(26)28-15-16-12-22(33-2)25(35-4)23(13-16)34-3/h5-15H,1-4H3. The van der Waals surface area contributed by atoms with Crippen molar-refractivity contribution in [2.45, 2.75) is 0 Å². The molecule has 36 heavy (non-hydrogen) atoms. The van der Waals surface area contributed by atoms with Gasteiger partial charge in [0.1, 0.15) is 11.3 Å². The van der Waals surface area contributed by atoms with Crippen molar-refractivity contribution in [1.82, 2.24) is 9.66 Å². The van der Waals surface area contributed by atoms with E-state index < -0.39 is 0 Å². The van der Waals surface area contributed by atoms with Crippen molar-refractivity contribution in [3.8, 4) is 34.6 Å². The quantitative estimate of drug-likeness (QED) is 0.308. The van der Waals surface area contributed by atoms with Crippen LogP contribution in [0, 0.1) is 0 Å². The van der Waals surface area contributed by atoms with Crippen LogP contribution in [0.3, 0.4) is 0 Å². The number of benzene rings is 3. The van der Waals surface area contributed by atoms with Crippen LogP contribution in [0.25, 0.3) is 33.5 Å². The number of furan rings is 1. The highest BCUT2D eigenvalue weighted by Gasteiger charge is 2.18. The molecule has 0 spiro atoms. The summed E-state index contributed by atoms with van der Waals surface area (Å²) in [6.45, 7) is 0. The molecule has 0 bridgehead atoms. The lowest BCUT2D eigenvalue weighted by molar-refractivity contribution is 0.324. The second-order valence-electron chi connectivity index (χ2n) is 7.76. The van der Waals surface area contributed by atoms with Gasteiger partial charge in [0.2, 0.25) is 11.6 Å². The number of ether oxygens (including phenoxy) is 4. The molecule has 0 fully saturated rings. The summed E-state index contributed by atoms with van der Waals surface area (Å²) in [4.78, 5) is 18.2. The van der Waals surface area contributed by atoms with Gasteiger partial charge in [-0.2, -0.15) is 9.78 Å². The summed E-state index contributed by atoms with van der Waals surface area (Å²) in [5.74, 6) is 2.66. The summed E-state index contributed by atoms with van der Waals surface area (Å²) in [6.07, 6.45) is 1.52. The largest absolute Gasteiger partial charge is 0.496 e. The number of methoxy groups -OCH3 is 4. The molecule has 0 saturated heterocycles. The summed E-state index contributed by atoms with van der Waals surface area (Å²) in [5.41, 5.74) is 1.42. The summed E-state index contributed by atoms with van der Waals surface area (Å²) in [5, 5.41) is 5.68. The Morgan fingerprint density at radius 2 is 1.56 bits per heavy atom. The third kappa shape index (κ3) is 3.90. The van der Waals surface area contributed by atoms with E-state index in [0.717, 1.165) is 5.39 Å². The molecule has 0 unspecified atom stereocenters. The number of rotatable bonds is 7. The van der Waals surface area contributed by atoms with Crippen LogP contribution in [-0.4, -0.2) is 44.3 Å². The van der Waals surface area contributed by atoms with Crippen molar-refractivity contribution in [2.75, 3.05) is 28.4 Å². The molecular formula is C27H23N3O6. The van der Waals surface area contributed by atoms with Crippen molar-refractivity contribution in [3.05, 3.63) is 76.6 Å². The Kier molecular flexibility index (Phi) is 6.03. The Labute approximate surface area is 206 Å². The molecule has 0 aliphatic heterocycles. The van der Waals surface area contributed by atoms with Crippen molar-refractivity contribution in [1.29, 1.82) is 0 Å². The minimum Gasteiger partial charge on any atom is -0.496 e. The van der Waals surface area contributed by atoms with Gasteiger partial charge < -0.3 is 23.4 Å². The fourth-order valence-corrected chi connectivity index (χ4v) is 4.01. The molecule has 0 aliphatic carbocycles. The number of para-hydroxylation sites is 1. The van der Waals surface area contributed by atoms with E-state index >= 15 is 0 Å². The number of nitrogens with zero attached hydrogens (tertiary/aromatic N) is 3. The second kappa shape index (κ2) is 9.46. The second-order valence-corrected chi connectivity index (χ2v) is 7.76. The normalized spacial score (nSPS) is 11.3. The van der Waals surface area contributed by atoms with Crippen LogP contribution in [-0.2, 0) is 0 Å². The molecule has 5 aromatic rings. The van der Waals surface area contributed by atoms with Gasteiger partial charge in [0, 0.05) is 5.56 Å². The van der Waals surface area contributed by atoms with Crippen molar-refractivity contribution < 1.29 is 23.4 Å². The molecule has 0 saturated carbocycles. The highest BCUT2D eigenvalue weighted by molar-refractivity contribution is 5.89. The van der Waals surface area contributed by atoms with E-state index in [1.807, 2.05) is 24.3 Å². The summed E-state index contributed by atoms with van der Waals surface area (Å²) >= 11 is 0. The Morgan fingerprint density at radius 1 is 0.833 bits per heavy atom. The molecule has 182 valence electrons. The maximum absolute atomic E-state index is 13.5. The topological polar surface area (TPSA) is 97.3 Å². The lowest BCUT2D eigenvalue weighted by Gasteiger charge is -2.12. The van der Waals surface area contributed by atoms with E-state index in [4.69, 9.17) is 28.3 Å². The van der Waals surface area contributed by atoms with Crippen LogP contribution in [0.2, 0.25) is 0 Å². The van der Waals surface area contributed by atoms with Gasteiger partial charge in [-0.05, 0) is 42.5 Å². The van der Waals surface area contributed by atoms with Crippen LogP contribution < -0.4 is 24.5 Å². The molecule has 0 aliphatic rings. The first-order valence-corrected chi connectivity index (χ1v) is 11.0. The van der Waals surface area contributed by atoms with Gasteiger partial charge in [0.15, 0.2) is 17.3 Å². The van der Waals surface area contributed by atoms with E-state index in [1.54, 1.807) is 43.5 Å². The molecule has 5 rings (SSSR count). The van der Waals surface area contributed by atoms with Crippen molar-refractivity contribution in [3.63, 3.8) is 0 Å². The van der Waals surface area contributed by atoms with Crippen molar-refractivity contribution in [2.24, 2.45) is 5.10 Å². The lowest BCUT2D eigenvalue weighted by atomic mass is 10.2. The van der Waals surface area contributed by atoms with Gasteiger partial charge in [0.25, 0.3) is 5.56 Å². The van der Waals surface area contributed by atoms with Gasteiger partial charge in [-0.3, -0.25) is 4.79 Å². The molecule has 0 amide bonds. The average Bonchev–Trinajstić information content (AvgIpc) is 3.36. The zero-order chi connectivity index (χ0) is 25.2. The van der Waals surface area contributed by atoms with Crippen LogP contribution in [0.15, 0.2) is 75.0 Å². The predicted molar refractivity (Wildman–Crippen MR) is 137 cm³/mol. The molecule has 0 atom stereocenters. The minimum atomic E-state index is -0.341. The third-order valence-corrected chi connectivity index (χ3v) is 5.72. The third-order valence-electron chi connectivity index (χ3n) is 5.72. The summed E-state index contributed by atoms with van der Waals surface area (Å²) in [6, 6.07) is 17.8. The van der Waals surface area contributed by atoms with E-state index in [2.05, 4.69) is 5.10 Å². The minimum absolute atomic E-state index is 0.251. The van der Waals surface area contributed by atoms with Gasteiger partial charge in [-0.1, -0.05) is 18.2 Å². The summed E-state index contributed by atoms with van der Waals surface area (Å²) < 4.78 is 29.0. The van der Waals surface area contributed by atoms with Crippen LogP contribution in [0.5, 0.6) is 23.0 Å². The fourth-order valence-electron chi connectivity index (χ4n) is 4.01. The monoisotopic (exact) mass is 485 g/mol.